The summed E-state index contributed by atoms with van der Waals surface area (Å²) in [7, 11) is 3.98. The Morgan fingerprint density at radius 1 is 1.07 bits per heavy atom. The normalized spacial score (nSPS) is 11.2. The minimum atomic E-state index is 0.592. The van der Waals surface area contributed by atoms with Gasteiger partial charge in [0, 0.05) is 43.3 Å². The first-order valence-corrected chi connectivity index (χ1v) is 9.34. The number of nitrogens with zero attached hydrogens (tertiary/aromatic N) is 7. The zero-order chi connectivity index (χ0) is 19.5. The molecule has 3 aromatic heterocycles. The third kappa shape index (κ3) is 3.78. The lowest BCUT2D eigenvalue weighted by molar-refractivity contribution is 0.244. The lowest BCUT2D eigenvalue weighted by Crippen LogP contribution is -2.22. The highest BCUT2D eigenvalue weighted by atomic mass is 32.1. The smallest absolute Gasteiger partial charge is 0.199 e. The van der Waals surface area contributed by atoms with Crippen molar-refractivity contribution in [3.63, 3.8) is 0 Å². The van der Waals surface area contributed by atoms with Crippen molar-refractivity contribution in [2.75, 3.05) is 7.05 Å². The van der Waals surface area contributed by atoms with E-state index in [-0.39, 0.29) is 0 Å². The number of para-hydroxylation sites is 1. The molecule has 4 rings (SSSR count). The Labute approximate surface area is 168 Å². The first-order chi connectivity index (χ1) is 13.6. The van der Waals surface area contributed by atoms with Gasteiger partial charge in [-0.2, -0.15) is 10.2 Å². The van der Waals surface area contributed by atoms with Gasteiger partial charge in [-0.05, 0) is 43.5 Å². The van der Waals surface area contributed by atoms with Gasteiger partial charge in [0.2, 0.25) is 0 Å². The molecule has 0 unspecified atom stereocenters. The molecule has 8 heteroatoms. The molecule has 0 aliphatic rings. The predicted molar refractivity (Wildman–Crippen MR) is 110 cm³/mol. The van der Waals surface area contributed by atoms with E-state index in [4.69, 9.17) is 17.3 Å². The van der Waals surface area contributed by atoms with Crippen LogP contribution in [0, 0.1) is 4.77 Å². The fraction of sp³-hybridized carbons (Fsp3) is 0.200. The van der Waals surface area contributed by atoms with Crippen LogP contribution in [0.25, 0.3) is 17.1 Å². The molecule has 0 bridgehead atoms. The van der Waals surface area contributed by atoms with Crippen molar-refractivity contribution in [1.29, 1.82) is 0 Å². The van der Waals surface area contributed by atoms with Crippen LogP contribution in [0.4, 0.5) is 0 Å². The lowest BCUT2D eigenvalue weighted by Gasteiger charge is -2.15. The van der Waals surface area contributed by atoms with Crippen LogP contribution in [0.3, 0.4) is 0 Å². The monoisotopic (exact) mass is 391 g/mol. The molecule has 7 nitrogen and oxygen atoms in total. The van der Waals surface area contributed by atoms with Crippen molar-refractivity contribution in [2.24, 2.45) is 7.05 Å². The second kappa shape index (κ2) is 7.87. The van der Waals surface area contributed by atoms with Crippen LogP contribution < -0.4 is 0 Å². The average molecular weight is 392 g/mol. The molecular weight excluding hydrogens is 370 g/mol. The molecule has 0 N–H and O–H groups in total. The molecule has 4 aromatic rings. The maximum Gasteiger partial charge on any atom is 0.199 e. The van der Waals surface area contributed by atoms with Crippen LogP contribution in [0.2, 0.25) is 0 Å². The number of rotatable bonds is 6. The van der Waals surface area contributed by atoms with Crippen molar-refractivity contribution < 1.29 is 0 Å². The minimum absolute atomic E-state index is 0.592. The molecule has 0 spiro atoms. The molecule has 142 valence electrons. The first kappa shape index (κ1) is 18.3. The van der Waals surface area contributed by atoms with E-state index in [2.05, 4.69) is 15.0 Å². The first-order valence-electron chi connectivity index (χ1n) is 8.93. The van der Waals surface area contributed by atoms with E-state index in [0.717, 1.165) is 29.2 Å². The fourth-order valence-electron chi connectivity index (χ4n) is 3.09. The van der Waals surface area contributed by atoms with Gasteiger partial charge in [-0.1, -0.05) is 18.2 Å². The second-order valence-corrected chi connectivity index (χ2v) is 7.05. The van der Waals surface area contributed by atoms with Crippen LogP contribution >= 0.6 is 12.2 Å². The highest BCUT2D eigenvalue weighted by Gasteiger charge is 2.12. The average Bonchev–Trinajstić information content (AvgIpc) is 3.29. The number of pyridine rings is 1. The molecule has 0 aliphatic carbocycles. The highest BCUT2D eigenvalue weighted by Crippen LogP contribution is 2.16. The largest absolute Gasteiger partial charge is 0.303 e. The van der Waals surface area contributed by atoms with Crippen molar-refractivity contribution in [3.05, 3.63) is 77.6 Å². The van der Waals surface area contributed by atoms with E-state index in [9.17, 15) is 0 Å². The molecule has 0 radical (unpaired) electrons. The lowest BCUT2D eigenvalue weighted by atomic mass is 10.2. The SMILES string of the molecule is CN(Cc1cnn(-c2ccccc2)c1)Cn1nc(-c2ccncc2)n(C)c1=S. The Morgan fingerprint density at radius 2 is 1.82 bits per heavy atom. The summed E-state index contributed by atoms with van der Waals surface area (Å²) in [6.45, 7) is 1.34. The Kier molecular flexibility index (Phi) is 5.14. The van der Waals surface area contributed by atoms with E-state index in [0.29, 0.717) is 11.4 Å². The van der Waals surface area contributed by atoms with Crippen molar-refractivity contribution in [2.45, 2.75) is 13.2 Å². The second-order valence-electron chi connectivity index (χ2n) is 6.68. The molecule has 0 aliphatic heterocycles. The summed E-state index contributed by atoms with van der Waals surface area (Å²) in [5, 5.41) is 9.16. The third-order valence-corrected chi connectivity index (χ3v) is 4.95. The van der Waals surface area contributed by atoms with Gasteiger partial charge in [-0.3, -0.25) is 9.88 Å². The minimum Gasteiger partial charge on any atom is -0.303 e. The quantitative estimate of drug-likeness (QED) is 0.472. The number of aromatic nitrogens is 6. The van der Waals surface area contributed by atoms with Crippen LogP contribution in [0.1, 0.15) is 5.56 Å². The summed E-state index contributed by atoms with van der Waals surface area (Å²) >= 11 is 5.57. The van der Waals surface area contributed by atoms with Gasteiger partial charge in [0.1, 0.15) is 0 Å². The number of hydrogen-bond donors (Lipinski definition) is 0. The Balaban J connectivity index is 1.48. The van der Waals surface area contributed by atoms with Crippen LogP contribution in [0.5, 0.6) is 0 Å². The van der Waals surface area contributed by atoms with Crippen molar-refractivity contribution in [1.82, 2.24) is 34.0 Å². The zero-order valence-corrected chi connectivity index (χ0v) is 16.6. The van der Waals surface area contributed by atoms with Gasteiger partial charge in [0.15, 0.2) is 10.6 Å². The Hall–Kier alpha value is -3.10. The summed E-state index contributed by atoms with van der Waals surface area (Å²) in [5.74, 6) is 0.831. The van der Waals surface area contributed by atoms with Crippen LogP contribution in [-0.4, -0.2) is 41.1 Å². The standard InChI is InChI=1S/C20H21N7S/c1-24(13-16-12-22-26(14-16)18-6-4-3-5-7-18)15-27-20(28)25(2)19(23-27)17-8-10-21-11-9-17/h3-12,14H,13,15H2,1-2H3. The Morgan fingerprint density at radius 3 is 2.57 bits per heavy atom. The molecule has 0 fully saturated rings. The summed E-state index contributed by atoms with van der Waals surface area (Å²) in [6.07, 6.45) is 7.46. The van der Waals surface area contributed by atoms with E-state index in [1.807, 2.05) is 82.9 Å². The van der Waals surface area contributed by atoms with Crippen LogP contribution in [0.15, 0.2) is 67.3 Å². The van der Waals surface area contributed by atoms with Gasteiger partial charge in [-0.15, -0.1) is 0 Å². The molecule has 0 saturated carbocycles. The molecule has 0 amide bonds. The fourth-order valence-corrected chi connectivity index (χ4v) is 3.27. The summed E-state index contributed by atoms with van der Waals surface area (Å²) in [5.41, 5.74) is 3.17. The third-order valence-electron chi connectivity index (χ3n) is 4.46. The maximum atomic E-state index is 5.57. The topological polar surface area (TPSA) is 56.7 Å². The van der Waals surface area contributed by atoms with Gasteiger partial charge in [0.05, 0.1) is 18.6 Å². The zero-order valence-electron chi connectivity index (χ0n) is 15.8. The number of benzene rings is 1. The van der Waals surface area contributed by atoms with Crippen molar-refractivity contribution in [3.8, 4) is 17.1 Å². The van der Waals surface area contributed by atoms with E-state index >= 15 is 0 Å². The number of hydrogen-bond acceptors (Lipinski definition) is 5. The van der Waals surface area contributed by atoms with E-state index in [1.165, 1.54) is 0 Å². The van der Waals surface area contributed by atoms with Crippen molar-refractivity contribution >= 4 is 12.2 Å². The summed E-state index contributed by atoms with van der Waals surface area (Å²) in [6, 6.07) is 13.9. The molecule has 0 saturated heterocycles. The molecule has 3 heterocycles. The van der Waals surface area contributed by atoms with E-state index < -0.39 is 0 Å². The summed E-state index contributed by atoms with van der Waals surface area (Å²) < 4.78 is 6.33. The van der Waals surface area contributed by atoms with Gasteiger partial charge < -0.3 is 4.57 Å². The Bertz CT molecular complexity index is 1110. The highest BCUT2D eigenvalue weighted by molar-refractivity contribution is 7.71. The molecule has 0 atom stereocenters. The maximum absolute atomic E-state index is 5.57. The summed E-state index contributed by atoms with van der Waals surface area (Å²) in [4.78, 5) is 6.22. The molecular formula is C20H21N7S. The van der Waals surface area contributed by atoms with Gasteiger partial charge in [0.25, 0.3) is 0 Å². The van der Waals surface area contributed by atoms with E-state index in [1.54, 1.807) is 12.4 Å². The van der Waals surface area contributed by atoms with Gasteiger partial charge in [-0.25, -0.2) is 9.36 Å². The van der Waals surface area contributed by atoms with Crippen LogP contribution in [-0.2, 0) is 20.3 Å². The predicted octanol–water partition coefficient (Wildman–Crippen LogP) is 3.29. The molecule has 28 heavy (non-hydrogen) atoms. The van der Waals surface area contributed by atoms with Gasteiger partial charge >= 0.3 is 0 Å². The molecule has 1 aromatic carbocycles.